The Kier molecular flexibility index (Phi) is 4.43. The topological polar surface area (TPSA) is 0 Å². The van der Waals surface area contributed by atoms with Gasteiger partial charge in [-0.2, -0.15) is 6.08 Å². The van der Waals surface area contributed by atoms with E-state index in [2.05, 4.69) is 12.2 Å². The summed E-state index contributed by atoms with van der Waals surface area (Å²) < 4.78 is 59.2. The van der Waals surface area contributed by atoms with Crippen LogP contribution in [0.2, 0.25) is 0 Å². The Bertz CT molecular complexity index is 189. The second kappa shape index (κ2) is 3.70. The minimum Gasteiger partial charge on any atom is -0.273 e. The molecule has 1 aliphatic rings. The van der Waals surface area contributed by atoms with E-state index in [1.54, 1.807) is 0 Å². The molecule has 0 aromatic heterocycles. The van der Waals surface area contributed by atoms with Crippen molar-refractivity contribution in [2.75, 3.05) is 0 Å². The summed E-state index contributed by atoms with van der Waals surface area (Å²) in [6, 6.07) is 0. The Morgan fingerprint density at radius 3 is 1.46 bits per heavy atom. The van der Waals surface area contributed by atoms with Crippen molar-refractivity contribution < 1.29 is 44.7 Å². The molecule has 0 fully saturated rings. The predicted molar refractivity (Wildman–Crippen MR) is 35.1 cm³/mol. The summed E-state index contributed by atoms with van der Waals surface area (Å²) in [5.74, 6) is 0. The quantitative estimate of drug-likeness (QED) is 0.264. The smallest absolute Gasteiger partial charge is 0.273 e. The third-order valence-corrected chi connectivity index (χ3v) is 0.586. The van der Waals surface area contributed by atoms with Crippen molar-refractivity contribution in [1.29, 1.82) is 0 Å². The van der Waals surface area contributed by atoms with Crippen LogP contribution in [0.4, 0.5) is 25.2 Å². The average Bonchev–Trinajstić information content (AvgIpc) is 2.00. The van der Waals surface area contributed by atoms with Crippen LogP contribution >= 0.6 is 7.81 Å². The molecule has 8 heteroatoms. The van der Waals surface area contributed by atoms with E-state index in [0.717, 1.165) is 6.42 Å². The first kappa shape index (κ1) is 15.6. The van der Waals surface area contributed by atoms with E-state index in [4.69, 9.17) is 0 Å². The molecule has 0 atom stereocenters. The van der Waals surface area contributed by atoms with Crippen LogP contribution in [0, 0.1) is 6.08 Å². The van der Waals surface area contributed by atoms with Crippen LogP contribution < -0.4 is 0 Å². The molecule has 0 aromatic carbocycles. The van der Waals surface area contributed by atoms with Gasteiger partial charge in [-0.1, -0.05) is 0 Å². The van der Waals surface area contributed by atoms with Crippen molar-refractivity contribution in [3.8, 4) is 0 Å². The normalized spacial score (nSPS) is 19.2. The van der Waals surface area contributed by atoms with Crippen molar-refractivity contribution in [2.24, 2.45) is 0 Å². The minimum atomic E-state index is -10.7. The molecule has 0 aliphatic heterocycles. The van der Waals surface area contributed by atoms with Crippen molar-refractivity contribution in [2.45, 2.75) is 6.42 Å². The molecule has 0 amide bonds. The molecule has 0 aromatic rings. The van der Waals surface area contributed by atoms with Gasteiger partial charge in [0.1, 0.15) is 0 Å². The van der Waals surface area contributed by atoms with Gasteiger partial charge in [0.25, 0.3) is 0 Å². The monoisotopic (exact) mass is 312 g/mol. The number of hydrogen-bond acceptors (Lipinski definition) is 0. The molecule has 0 N–H and O–H groups in total. The van der Waals surface area contributed by atoms with Gasteiger partial charge in [-0.3, -0.25) is 6.08 Å². The van der Waals surface area contributed by atoms with E-state index in [-0.39, 0.29) is 19.5 Å². The van der Waals surface area contributed by atoms with Crippen molar-refractivity contribution in [1.82, 2.24) is 0 Å². The number of hydrogen-bond donors (Lipinski definition) is 0. The fourth-order valence-electron chi connectivity index (χ4n) is 0.340. The van der Waals surface area contributed by atoms with E-state index >= 15 is 0 Å². The average molecular weight is 311 g/mol. The summed E-state index contributed by atoms with van der Waals surface area (Å²) in [5.41, 5.74) is 0. The Hall–Kier alpha value is 0.113. The predicted octanol–water partition coefficient (Wildman–Crippen LogP) is 4.69. The molecule has 0 saturated heterocycles. The second-order valence-corrected chi connectivity index (χ2v) is 3.88. The largest absolute Gasteiger partial charge is 2.00 e. The molecule has 0 unspecified atom stereocenters. The molecule has 0 nitrogen and oxygen atoms in total. The fourth-order valence-corrected chi connectivity index (χ4v) is 0.340. The Morgan fingerprint density at radius 2 is 1.38 bits per heavy atom. The van der Waals surface area contributed by atoms with E-state index in [9.17, 15) is 25.2 Å². The summed E-state index contributed by atoms with van der Waals surface area (Å²) in [6.45, 7) is 0. The van der Waals surface area contributed by atoms with E-state index in [1.807, 2.05) is 12.2 Å². The molecule has 80 valence electrons. The third-order valence-electron chi connectivity index (χ3n) is 0.586. The molecule has 0 bridgehead atoms. The Morgan fingerprint density at radius 1 is 1.00 bits per heavy atom. The molecule has 0 radical (unpaired) electrons. The molecule has 13 heavy (non-hydrogen) atoms. The summed E-state index contributed by atoms with van der Waals surface area (Å²) in [4.78, 5) is 0. The van der Waals surface area contributed by atoms with Crippen LogP contribution in [-0.2, 0) is 19.5 Å². The fraction of sp³-hybridized carbons (Fsp3) is 0.200. The molecular formula is C5H5F6PRu. The number of rotatable bonds is 0. The SMILES string of the molecule is F[P-](F)(F)(F)(F)F.[C-]1=CC=CC1.[Ru+2]. The van der Waals surface area contributed by atoms with Crippen LogP contribution in [0.25, 0.3) is 0 Å². The van der Waals surface area contributed by atoms with E-state index in [1.165, 1.54) is 0 Å². The van der Waals surface area contributed by atoms with Crippen LogP contribution in [0.1, 0.15) is 6.42 Å². The maximum Gasteiger partial charge on any atom is 2.00 e. The summed E-state index contributed by atoms with van der Waals surface area (Å²) in [6.07, 6.45) is 10.0. The number of halogens is 6. The van der Waals surface area contributed by atoms with Gasteiger partial charge in [0, 0.05) is 0 Å². The van der Waals surface area contributed by atoms with E-state index < -0.39 is 7.81 Å². The van der Waals surface area contributed by atoms with Gasteiger partial charge in [0.15, 0.2) is 0 Å². The van der Waals surface area contributed by atoms with Crippen LogP contribution in [0.15, 0.2) is 18.2 Å². The molecule has 0 heterocycles. The molecular weight excluding hydrogens is 306 g/mol. The summed E-state index contributed by atoms with van der Waals surface area (Å²) in [7, 11) is -10.7. The van der Waals surface area contributed by atoms with Crippen molar-refractivity contribution >= 4 is 7.81 Å². The van der Waals surface area contributed by atoms with Crippen molar-refractivity contribution in [3.63, 3.8) is 0 Å². The van der Waals surface area contributed by atoms with Crippen LogP contribution in [-0.4, -0.2) is 0 Å². The summed E-state index contributed by atoms with van der Waals surface area (Å²) >= 11 is 0. The van der Waals surface area contributed by atoms with Gasteiger partial charge in [0.05, 0.1) is 0 Å². The third kappa shape index (κ3) is 47.4. The van der Waals surface area contributed by atoms with Crippen molar-refractivity contribution in [3.05, 3.63) is 24.3 Å². The van der Waals surface area contributed by atoms with E-state index in [0.29, 0.717) is 0 Å². The van der Waals surface area contributed by atoms with Gasteiger partial charge in [-0.05, 0) is 0 Å². The Balaban J connectivity index is 0. The van der Waals surface area contributed by atoms with Gasteiger partial charge in [-0.15, -0.1) is 6.42 Å². The van der Waals surface area contributed by atoms with Gasteiger partial charge < -0.3 is 0 Å². The Labute approximate surface area is 83.7 Å². The molecule has 1 aliphatic carbocycles. The first-order valence-corrected chi connectivity index (χ1v) is 4.76. The zero-order valence-corrected chi connectivity index (χ0v) is 8.64. The standard InChI is InChI=1S/C5H5.F6P.Ru/c1-2-4-5-3-1;1-7(2,3,4,5)6;/h1-3H,4H2;;/q2*-1;+2. The first-order valence-electron chi connectivity index (χ1n) is 2.73. The van der Waals surface area contributed by atoms with Crippen LogP contribution in [0.3, 0.4) is 0 Å². The molecule has 0 saturated carbocycles. The van der Waals surface area contributed by atoms with Gasteiger partial charge in [0.2, 0.25) is 0 Å². The second-order valence-electron chi connectivity index (χ2n) is 1.96. The minimum absolute atomic E-state index is 0. The number of allylic oxidation sites excluding steroid dienone is 4. The zero-order chi connectivity index (χ0) is 9.94. The van der Waals surface area contributed by atoms with Gasteiger partial charge in [-0.25, -0.2) is 12.2 Å². The zero-order valence-electron chi connectivity index (χ0n) is 6.01. The molecule has 1 rings (SSSR count). The first-order chi connectivity index (χ1) is 4.95. The molecule has 0 spiro atoms. The maximum absolute atomic E-state index is 10.7. The summed E-state index contributed by atoms with van der Waals surface area (Å²) in [5, 5.41) is 0. The maximum atomic E-state index is 9.87. The van der Waals surface area contributed by atoms with Crippen LogP contribution in [0.5, 0.6) is 0 Å². The van der Waals surface area contributed by atoms with Gasteiger partial charge >= 0.3 is 52.5 Å².